The molecule has 3 rings (SSSR count). The van der Waals surface area contributed by atoms with E-state index in [4.69, 9.17) is 4.74 Å². The van der Waals surface area contributed by atoms with Crippen LogP contribution in [-0.2, 0) is 6.54 Å². The predicted octanol–water partition coefficient (Wildman–Crippen LogP) is 3.92. The van der Waals surface area contributed by atoms with E-state index in [0.717, 1.165) is 18.8 Å². The average Bonchev–Trinajstić information content (AvgIpc) is 2.64. The zero-order valence-corrected chi connectivity index (χ0v) is 13.0. The van der Waals surface area contributed by atoms with Gasteiger partial charge in [0, 0.05) is 25.5 Å². The van der Waals surface area contributed by atoms with Gasteiger partial charge in [-0.05, 0) is 34.9 Å². The van der Waals surface area contributed by atoms with Gasteiger partial charge in [0.2, 0.25) is 0 Å². The molecular weight excluding hydrogens is 284 g/mol. The van der Waals surface area contributed by atoms with E-state index in [1.807, 2.05) is 42.6 Å². The molecule has 1 heterocycles. The number of hydrogen-bond acceptors (Lipinski definition) is 3. The number of pyridine rings is 1. The number of nitrogens with zero attached hydrogens (tertiary/aromatic N) is 1. The molecular formula is C20H20N2O. The second kappa shape index (κ2) is 8.11. The van der Waals surface area contributed by atoms with E-state index >= 15 is 0 Å². The second-order valence-corrected chi connectivity index (χ2v) is 5.28. The third kappa shape index (κ3) is 4.66. The monoisotopic (exact) mass is 304 g/mol. The first kappa shape index (κ1) is 15.3. The molecule has 2 aromatic carbocycles. The molecule has 0 bridgehead atoms. The summed E-state index contributed by atoms with van der Waals surface area (Å²) in [7, 11) is 0. The molecule has 0 saturated carbocycles. The zero-order valence-electron chi connectivity index (χ0n) is 13.0. The van der Waals surface area contributed by atoms with Crippen LogP contribution in [0.15, 0.2) is 79.1 Å². The van der Waals surface area contributed by atoms with Crippen LogP contribution in [0.1, 0.15) is 5.56 Å². The Balaban J connectivity index is 1.42. The molecule has 0 amide bonds. The first-order valence-electron chi connectivity index (χ1n) is 7.80. The van der Waals surface area contributed by atoms with Gasteiger partial charge >= 0.3 is 0 Å². The fraction of sp³-hybridized carbons (Fsp3) is 0.150. The van der Waals surface area contributed by atoms with Crippen molar-refractivity contribution in [3.8, 4) is 16.9 Å². The average molecular weight is 304 g/mol. The number of benzene rings is 2. The molecule has 3 heteroatoms. The van der Waals surface area contributed by atoms with Gasteiger partial charge in [-0.1, -0.05) is 48.5 Å². The van der Waals surface area contributed by atoms with Gasteiger partial charge in [0.1, 0.15) is 12.4 Å². The largest absolute Gasteiger partial charge is 0.492 e. The van der Waals surface area contributed by atoms with E-state index in [-0.39, 0.29) is 0 Å². The summed E-state index contributed by atoms with van der Waals surface area (Å²) < 4.78 is 5.76. The topological polar surface area (TPSA) is 34.1 Å². The summed E-state index contributed by atoms with van der Waals surface area (Å²) in [5.41, 5.74) is 3.60. The minimum Gasteiger partial charge on any atom is -0.492 e. The van der Waals surface area contributed by atoms with Crippen LogP contribution in [0.25, 0.3) is 11.1 Å². The van der Waals surface area contributed by atoms with Crippen LogP contribution in [0.3, 0.4) is 0 Å². The third-order valence-electron chi connectivity index (χ3n) is 3.56. The zero-order chi connectivity index (χ0) is 15.7. The lowest BCUT2D eigenvalue weighted by atomic mass is 10.1. The lowest BCUT2D eigenvalue weighted by molar-refractivity contribution is 0.313. The standard InChI is InChI=1S/C20H20N2O/c1-2-6-18(7-3-1)19-8-10-20(11-9-19)23-14-13-22-16-17-5-4-12-21-15-17/h1-12,15,22H,13-14,16H2. The Morgan fingerprint density at radius 2 is 1.61 bits per heavy atom. The highest BCUT2D eigenvalue weighted by molar-refractivity contribution is 5.63. The molecule has 0 aliphatic heterocycles. The number of aromatic nitrogens is 1. The van der Waals surface area contributed by atoms with E-state index in [0.29, 0.717) is 6.61 Å². The van der Waals surface area contributed by atoms with Crippen molar-refractivity contribution in [1.82, 2.24) is 10.3 Å². The molecule has 0 radical (unpaired) electrons. The van der Waals surface area contributed by atoms with Gasteiger partial charge in [-0.15, -0.1) is 0 Å². The molecule has 3 nitrogen and oxygen atoms in total. The SMILES string of the molecule is c1ccc(-c2ccc(OCCNCc3cccnc3)cc2)cc1. The fourth-order valence-electron chi connectivity index (χ4n) is 2.35. The van der Waals surface area contributed by atoms with Gasteiger partial charge in [-0.25, -0.2) is 0 Å². The van der Waals surface area contributed by atoms with E-state index in [9.17, 15) is 0 Å². The van der Waals surface area contributed by atoms with Crippen LogP contribution in [0.4, 0.5) is 0 Å². The van der Waals surface area contributed by atoms with Gasteiger partial charge in [0.15, 0.2) is 0 Å². The Morgan fingerprint density at radius 3 is 2.35 bits per heavy atom. The highest BCUT2D eigenvalue weighted by Crippen LogP contribution is 2.21. The summed E-state index contributed by atoms with van der Waals surface area (Å²) >= 11 is 0. The highest BCUT2D eigenvalue weighted by atomic mass is 16.5. The first-order chi connectivity index (χ1) is 11.4. The lowest BCUT2D eigenvalue weighted by Crippen LogP contribution is -2.20. The van der Waals surface area contributed by atoms with Gasteiger partial charge in [0.25, 0.3) is 0 Å². The van der Waals surface area contributed by atoms with Crippen molar-refractivity contribution < 1.29 is 4.74 Å². The summed E-state index contributed by atoms with van der Waals surface area (Å²) in [6, 6.07) is 22.6. The van der Waals surface area contributed by atoms with Crippen LogP contribution in [0.2, 0.25) is 0 Å². The van der Waals surface area contributed by atoms with E-state index in [2.05, 4.69) is 40.6 Å². The van der Waals surface area contributed by atoms with Crippen molar-refractivity contribution in [3.63, 3.8) is 0 Å². The Kier molecular flexibility index (Phi) is 5.38. The Labute approximate surface area is 137 Å². The van der Waals surface area contributed by atoms with Crippen molar-refractivity contribution in [2.75, 3.05) is 13.2 Å². The Morgan fingerprint density at radius 1 is 0.826 bits per heavy atom. The first-order valence-corrected chi connectivity index (χ1v) is 7.80. The van der Waals surface area contributed by atoms with Crippen molar-refractivity contribution >= 4 is 0 Å². The number of nitrogens with one attached hydrogen (secondary N) is 1. The van der Waals surface area contributed by atoms with Crippen molar-refractivity contribution in [1.29, 1.82) is 0 Å². The number of rotatable bonds is 7. The third-order valence-corrected chi connectivity index (χ3v) is 3.56. The summed E-state index contributed by atoms with van der Waals surface area (Å²) in [6.45, 7) is 2.25. The summed E-state index contributed by atoms with van der Waals surface area (Å²) in [4.78, 5) is 4.09. The Bertz CT molecular complexity index is 697. The normalized spacial score (nSPS) is 10.4. The van der Waals surface area contributed by atoms with Crippen LogP contribution in [0.5, 0.6) is 5.75 Å². The minimum atomic E-state index is 0.644. The molecule has 1 N–H and O–H groups in total. The summed E-state index contributed by atoms with van der Waals surface area (Å²) in [5.74, 6) is 0.896. The van der Waals surface area contributed by atoms with Gasteiger partial charge in [0.05, 0.1) is 0 Å². The van der Waals surface area contributed by atoms with Crippen LogP contribution in [0, 0.1) is 0 Å². The lowest BCUT2D eigenvalue weighted by Gasteiger charge is -2.08. The molecule has 23 heavy (non-hydrogen) atoms. The van der Waals surface area contributed by atoms with Crippen LogP contribution >= 0.6 is 0 Å². The molecule has 0 aliphatic rings. The maximum absolute atomic E-state index is 5.76. The highest BCUT2D eigenvalue weighted by Gasteiger charge is 1.98. The number of hydrogen-bond donors (Lipinski definition) is 1. The van der Waals surface area contributed by atoms with Gasteiger partial charge < -0.3 is 10.1 Å². The molecule has 3 aromatic rings. The maximum Gasteiger partial charge on any atom is 0.119 e. The van der Waals surface area contributed by atoms with Gasteiger partial charge in [-0.3, -0.25) is 4.98 Å². The fourth-order valence-corrected chi connectivity index (χ4v) is 2.35. The second-order valence-electron chi connectivity index (χ2n) is 5.28. The van der Waals surface area contributed by atoms with E-state index in [1.54, 1.807) is 6.20 Å². The quantitative estimate of drug-likeness (QED) is 0.672. The molecule has 1 aromatic heterocycles. The van der Waals surface area contributed by atoms with Crippen molar-refractivity contribution in [2.24, 2.45) is 0 Å². The molecule has 0 saturated heterocycles. The van der Waals surface area contributed by atoms with Gasteiger partial charge in [-0.2, -0.15) is 0 Å². The molecule has 0 aliphatic carbocycles. The van der Waals surface area contributed by atoms with E-state index < -0.39 is 0 Å². The molecule has 0 fully saturated rings. The molecule has 116 valence electrons. The van der Waals surface area contributed by atoms with Crippen molar-refractivity contribution in [2.45, 2.75) is 6.54 Å². The summed E-state index contributed by atoms with van der Waals surface area (Å²) in [5, 5.41) is 3.34. The molecule has 0 unspecified atom stereocenters. The smallest absolute Gasteiger partial charge is 0.119 e. The molecule has 0 spiro atoms. The maximum atomic E-state index is 5.76. The number of ether oxygens (including phenoxy) is 1. The van der Waals surface area contributed by atoms with E-state index in [1.165, 1.54) is 16.7 Å². The minimum absolute atomic E-state index is 0.644. The predicted molar refractivity (Wildman–Crippen MR) is 93.3 cm³/mol. The van der Waals surface area contributed by atoms with Crippen LogP contribution in [-0.4, -0.2) is 18.1 Å². The molecule has 0 atom stereocenters. The Hall–Kier alpha value is -2.65. The van der Waals surface area contributed by atoms with Crippen molar-refractivity contribution in [3.05, 3.63) is 84.7 Å². The van der Waals surface area contributed by atoms with Crippen LogP contribution < -0.4 is 10.1 Å². The summed E-state index contributed by atoms with van der Waals surface area (Å²) in [6.07, 6.45) is 3.65.